The molecular formula is C13H17BrN2. The maximum Gasteiger partial charge on any atom is 0.0377 e. The van der Waals surface area contributed by atoms with E-state index in [0.29, 0.717) is 5.41 Å². The summed E-state index contributed by atoms with van der Waals surface area (Å²) in [5, 5.41) is 3.40. The van der Waals surface area contributed by atoms with Crippen LogP contribution in [0.3, 0.4) is 0 Å². The summed E-state index contributed by atoms with van der Waals surface area (Å²) in [6, 6.07) is 6.69. The average molecular weight is 281 g/mol. The Hall–Kier alpha value is -0.540. The summed E-state index contributed by atoms with van der Waals surface area (Å²) < 4.78 is 1.22. The molecule has 0 amide bonds. The van der Waals surface area contributed by atoms with Gasteiger partial charge in [0, 0.05) is 41.8 Å². The van der Waals surface area contributed by atoms with Crippen molar-refractivity contribution in [3.05, 3.63) is 28.2 Å². The number of nitrogens with one attached hydrogen (secondary N) is 1. The molecule has 0 atom stereocenters. The van der Waals surface area contributed by atoms with Gasteiger partial charge in [0.25, 0.3) is 0 Å². The SMILES string of the molecule is Cc1ccc(N2CCC3(CNC3)C2)cc1Br. The van der Waals surface area contributed by atoms with Gasteiger partial charge in [-0.3, -0.25) is 0 Å². The molecule has 0 aliphatic carbocycles. The van der Waals surface area contributed by atoms with Crippen molar-refractivity contribution < 1.29 is 0 Å². The molecule has 1 aromatic carbocycles. The van der Waals surface area contributed by atoms with Crippen molar-refractivity contribution in [1.29, 1.82) is 0 Å². The van der Waals surface area contributed by atoms with E-state index in [-0.39, 0.29) is 0 Å². The molecule has 2 saturated heterocycles. The number of nitrogens with zero attached hydrogens (tertiary/aromatic N) is 1. The van der Waals surface area contributed by atoms with Crippen LogP contribution in [0, 0.1) is 12.3 Å². The molecule has 1 N–H and O–H groups in total. The zero-order chi connectivity index (χ0) is 11.2. The zero-order valence-electron chi connectivity index (χ0n) is 9.59. The molecule has 2 aliphatic rings. The maximum absolute atomic E-state index is 3.61. The summed E-state index contributed by atoms with van der Waals surface area (Å²) in [5.41, 5.74) is 3.25. The molecule has 0 radical (unpaired) electrons. The van der Waals surface area contributed by atoms with Crippen molar-refractivity contribution in [1.82, 2.24) is 5.32 Å². The number of halogens is 1. The normalized spacial score (nSPS) is 22.5. The molecule has 1 spiro atoms. The first-order chi connectivity index (χ1) is 7.69. The Kier molecular flexibility index (Phi) is 2.48. The van der Waals surface area contributed by atoms with Crippen molar-refractivity contribution in [3.63, 3.8) is 0 Å². The van der Waals surface area contributed by atoms with Crippen LogP contribution in [-0.2, 0) is 0 Å². The molecule has 3 heteroatoms. The van der Waals surface area contributed by atoms with Gasteiger partial charge in [0.2, 0.25) is 0 Å². The Bertz CT molecular complexity index is 412. The summed E-state index contributed by atoms with van der Waals surface area (Å²) in [5.74, 6) is 0. The minimum absolute atomic E-state index is 0.581. The number of hydrogen-bond acceptors (Lipinski definition) is 2. The van der Waals surface area contributed by atoms with Crippen molar-refractivity contribution >= 4 is 21.6 Å². The van der Waals surface area contributed by atoms with E-state index in [1.807, 2.05) is 0 Å². The van der Waals surface area contributed by atoms with Gasteiger partial charge < -0.3 is 10.2 Å². The van der Waals surface area contributed by atoms with Gasteiger partial charge in [0.1, 0.15) is 0 Å². The summed E-state index contributed by atoms with van der Waals surface area (Å²) in [4.78, 5) is 2.52. The molecule has 0 unspecified atom stereocenters. The molecule has 2 heterocycles. The zero-order valence-corrected chi connectivity index (χ0v) is 11.2. The predicted molar refractivity (Wildman–Crippen MR) is 71.0 cm³/mol. The number of hydrogen-bond donors (Lipinski definition) is 1. The van der Waals surface area contributed by atoms with Gasteiger partial charge in [-0.15, -0.1) is 0 Å². The lowest BCUT2D eigenvalue weighted by Gasteiger charge is -2.39. The van der Waals surface area contributed by atoms with Crippen molar-refractivity contribution in [2.45, 2.75) is 13.3 Å². The molecule has 1 aromatic rings. The Morgan fingerprint density at radius 2 is 2.19 bits per heavy atom. The van der Waals surface area contributed by atoms with E-state index in [4.69, 9.17) is 0 Å². The largest absolute Gasteiger partial charge is 0.371 e. The Morgan fingerprint density at radius 1 is 1.38 bits per heavy atom. The van der Waals surface area contributed by atoms with Crippen LogP contribution in [0.15, 0.2) is 22.7 Å². The predicted octanol–water partition coefficient (Wildman–Crippen LogP) is 2.56. The first-order valence-corrected chi connectivity index (χ1v) is 6.70. The highest BCUT2D eigenvalue weighted by Gasteiger charge is 2.42. The van der Waals surface area contributed by atoms with Crippen LogP contribution in [0.25, 0.3) is 0 Å². The maximum atomic E-state index is 3.61. The van der Waals surface area contributed by atoms with Crippen molar-refractivity contribution in [2.24, 2.45) is 5.41 Å². The summed E-state index contributed by atoms with van der Waals surface area (Å²) in [7, 11) is 0. The Balaban J connectivity index is 1.80. The number of rotatable bonds is 1. The third-order valence-corrected chi connectivity index (χ3v) is 4.81. The van der Waals surface area contributed by atoms with E-state index in [1.54, 1.807) is 0 Å². The van der Waals surface area contributed by atoms with Crippen LogP contribution in [-0.4, -0.2) is 26.2 Å². The monoisotopic (exact) mass is 280 g/mol. The third-order valence-electron chi connectivity index (χ3n) is 3.96. The van der Waals surface area contributed by atoms with E-state index in [1.165, 1.54) is 48.3 Å². The second-order valence-electron chi connectivity index (χ2n) is 5.21. The van der Waals surface area contributed by atoms with E-state index in [0.717, 1.165) is 0 Å². The third kappa shape index (κ3) is 1.66. The summed E-state index contributed by atoms with van der Waals surface area (Å²) in [6.07, 6.45) is 1.34. The summed E-state index contributed by atoms with van der Waals surface area (Å²) >= 11 is 3.61. The molecule has 16 heavy (non-hydrogen) atoms. The highest BCUT2D eigenvalue weighted by molar-refractivity contribution is 9.10. The van der Waals surface area contributed by atoms with Gasteiger partial charge in [0.05, 0.1) is 0 Å². The molecule has 2 aliphatic heterocycles. The standard InChI is InChI=1S/C13H17BrN2/c1-10-2-3-11(6-12(10)14)16-5-4-13(9-16)7-15-8-13/h2-3,6,15H,4-5,7-9H2,1H3. The molecule has 86 valence electrons. The molecule has 3 rings (SSSR count). The Labute approximate surface area is 105 Å². The second kappa shape index (κ2) is 3.74. The number of anilines is 1. The molecule has 2 fully saturated rings. The molecule has 2 nitrogen and oxygen atoms in total. The van der Waals surface area contributed by atoms with Gasteiger partial charge in [-0.25, -0.2) is 0 Å². The van der Waals surface area contributed by atoms with Crippen LogP contribution in [0.2, 0.25) is 0 Å². The Morgan fingerprint density at radius 3 is 2.75 bits per heavy atom. The lowest BCUT2D eigenvalue weighted by atomic mass is 9.81. The average Bonchev–Trinajstić information content (AvgIpc) is 2.66. The number of benzene rings is 1. The van der Waals surface area contributed by atoms with Gasteiger partial charge in [-0.2, -0.15) is 0 Å². The molecule has 0 aromatic heterocycles. The minimum atomic E-state index is 0.581. The van der Waals surface area contributed by atoms with Crippen molar-refractivity contribution in [2.75, 3.05) is 31.1 Å². The van der Waals surface area contributed by atoms with Gasteiger partial charge >= 0.3 is 0 Å². The fourth-order valence-corrected chi connectivity index (χ4v) is 3.07. The van der Waals surface area contributed by atoms with Crippen molar-refractivity contribution in [3.8, 4) is 0 Å². The van der Waals surface area contributed by atoms with Crippen LogP contribution >= 0.6 is 15.9 Å². The quantitative estimate of drug-likeness (QED) is 0.851. The van der Waals surface area contributed by atoms with E-state index < -0.39 is 0 Å². The van der Waals surface area contributed by atoms with Gasteiger partial charge in [0.15, 0.2) is 0 Å². The van der Waals surface area contributed by atoms with Crippen LogP contribution in [0.4, 0.5) is 5.69 Å². The molecule has 0 saturated carbocycles. The topological polar surface area (TPSA) is 15.3 Å². The highest BCUT2D eigenvalue weighted by atomic mass is 79.9. The van der Waals surface area contributed by atoms with Crippen LogP contribution < -0.4 is 10.2 Å². The van der Waals surface area contributed by atoms with E-state index in [2.05, 4.69) is 51.3 Å². The lowest BCUT2D eigenvalue weighted by Crippen LogP contribution is -2.54. The first kappa shape index (κ1) is 10.6. The van der Waals surface area contributed by atoms with Crippen LogP contribution in [0.5, 0.6) is 0 Å². The lowest BCUT2D eigenvalue weighted by molar-refractivity contribution is 0.200. The first-order valence-electron chi connectivity index (χ1n) is 5.90. The smallest absolute Gasteiger partial charge is 0.0377 e. The molecular weight excluding hydrogens is 264 g/mol. The summed E-state index contributed by atoms with van der Waals surface area (Å²) in [6.45, 7) is 6.97. The molecule has 0 bridgehead atoms. The van der Waals surface area contributed by atoms with E-state index in [9.17, 15) is 0 Å². The van der Waals surface area contributed by atoms with Gasteiger partial charge in [-0.1, -0.05) is 22.0 Å². The van der Waals surface area contributed by atoms with E-state index >= 15 is 0 Å². The minimum Gasteiger partial charge on any atom is -0.371 e. The highest BCUT2D eigenvalue weighted by Crippen LogP contribution is 2.37. The fourth-order valence-electron chi connectivity index (χ4n) is 2.70. The van der Waals surface area contributed by atoms with Crippen LogP contribution in [0.1, 0.15) is 12.0 Å². The fraction of sp³-hybridized carbons (Fsp3) is 0.538. The number of aryl methyl sites for hydroxylation is 1. The van der Waals surface area contributed by atoms with Gasteiger partial charge in [-0.05, 0) is 31.0 Å². The second-order valence-corrected chi connectivity index (χ2v) is 6.06.